The molecule has 2 fully saturated rings. The maximum absolute atomic E-state index is 12.2. The topological polar surface area (TPSA) is 70.3 Å². The predicted octanol–water partition coefficient (Wildman–Crippen LogP) is -1.72. The van der Waals surface area contributed by atoms with Crippen molar-refractivity contribution in [3.8, 4) is 0 Å². The largest absolute Gasteiger partial charge is 0.338 e. The number of piperazine rings is 1. The van der Waals surface area contributed by atoms with Gasteiger partial charge in [0.25, 0.3) is 0 Å². The van der Waals surface area contributed by atoms with Crippen LogP contribution in [0.4, 0.5) is 10.5 Å². The standard InChI is InChI=1S/C20H31N5O2/c1-2-23-11-13-24(14-12-23)10-6-9-21-20(27)22-17-15-19(26)25(16-17)18-7-4-3-5-8-18/h3-5,7-8,17H,2,6,9-16H2,1H3,(H2,21,22,27)/p+2/t17-/m0/s1. The molecule has 0 aliphatic carbocycles. The van der Waals surface area contributed by atoms with Crippen molar-refractivity contribution in [3.05, 3.63) is 30.3 Å². The highest BCUT2D eigenvalue weighted by atomic mass is 16.2. The van der Waals surface area contributed by atoms with E-state index in [1.807, 2.05) is 30.3 Å². The molecule has 148 valence electrons. The highest BCUT2D eigenvalue weighted by Crippen LogP contribution is 2.20. The third-order valence-corrected chi connectivity index (χ3v) is 5.68. The Labute approximate surface area is 161 Å². The molecular weight excluding hydrogens is 342 g/mol. The summed E-state index contributed by atoms with van der Waals surface area (Å²) in [4.78, 5) is 29.4. The van der Waals surface area contributed by atoms with Gasteiger partial charge >= 0.3 is 6.03 Å². The summed E-state index contributed by atoms with van der Waals surface area (Å²) in [5.41, 5.74) is 0.889. The molecular formula is C20H33N5O2+2. The number of anilines is 1. The van der Waals surface area contributed by atoms with E-state index in [9.17, 15) is 9.59 Å². The van der Waals surface area contributed by atoms with Crippen molar-refractivity contribution < 1.29 is 19.4 Å². The molecule has 0 radical (unpaired) electrons. The molecule has 0 bridgehead atoms. The molecule has 1 aromatic carbocycles. The van der Waals surface area contributed by atoms with Crippen LogP contribution in [0.25, 0.3) is 0 Å². The molecule has 2 aliphatic rings. The summed E-state index contributed by atoms with van der Waals surface area (Å²) in [6.45, 7) is 10.8. The number of amides is 3. The summed E-state index contributed by atoms with van der Waals surface area (Å²) in [5, 5.41) is 5.88. The molecule has 0 spiro atoms. The monoisotopic (exact) mass is 375 g/mol. The normalized spacial score (nSPS) is 25.4. The number of hydrogen-bond acceptors (Lipinski definition) is 2. The van der Waals surface area contributed by atoms with Gasteiger partial charge in [-0.3, -0.25) is 4.79 Å². The minimum Gasteiger partial charge on any atom is -0.338 e. The Kier molecular flexibility index (Phi) is 7.06. The minimum absolute atomic E-state index is 0.0588. The van der Waals surface area contributed by atoms with Gasteiger partial charge in [-0.05, 0) is 19.1 Å². The van der Waals surface area contributed by atoms with Gasteiger partial charge in [0.05, 0.1) is 19.1 Å². The lowest BCUT2D eigenvalue weighted by molar-refractivity contribution is -1.01. The Balaban J connectivity index is 1.31. The van der Waals surface area contributed by atoms with Gasteiger partial charge in [-0.15, -0.1) is 0 Å². The summed E-state index contributed by atoms with van der Waals surface area (Å²) in [6, 6.07) is 9.31. The van der Waals surface area contributed by atoms with E-state index in [2.05, 4.69) is 17.6 Å². The number of benzene rings is 1. The van der Waals surface area contributed by atoms with Crippen molar-refractivity contribution >= 4 is 17.6 Å². The molecule has 4 N–H and O–H groups in total. The Hall–Kier alpha value is -2.12. The lowest BCUT2D eigenvalue weighted by Gasteiger charge is -2.29. The third kappa shape index (κ3) is 5.68. The van der Waals surface area contributed by atoms with E-state index in [1.54, 1.807) is 14.7 Å². The number of likely N-dealkylation sites (N-methyl/N-ethyl adjacent to an activating group) is 1. The average Bonchev–Trinajstić information content (AvgIpc) is 3.06. The molecule has 27 heavy (non-hydrogen) atoms. The van der Waals surface area contributed by atoms with Crippen molar-refractivity contribution in [1.82, 2.24) is 10.6 Å². The number of nitrogens with zero attached hydrogens (tertiary/aromatic N) is 1. The number of quaternary nitrogens is 2. The summed E-state index contributed by atoms with van der Waals surface area (Å²) in [7, 11) is 0. The number of carbonyl (C=O) groups is 2. The van der Waals surface area contributed by atoms with Crippen LogP contribution < -0.4 is 25.3 Å². The van der Waals surface area contributed by atoms with Crippen LogP contribution in [-0.2, 0) is 4.79 Å². The fourth-order valence-corrected chi connectivity index (χ4v) is 4.00. The molecule has 0 aromatic heterocycles. The fraction of sp³-hybridized carbons (Fsp3) is 0.600. The molecule has 0 unspecified atom stereocenters. The minimum atomic E-state index is -0.169. The van der Waals surface area contributed by atoms with E-state index in [-0.39, 0.29) is 18.0 Å². The van der Waals surface area contributed by atoms with Gasteiger partial charge in [-0.25, -0.2) is 4.79 Å². The molecule has 1 atom stereocenters. The zero-order chi connectivity index (χ0) is 19.1. The summed E-state index contributed by atoms with van der Waals surface area (Å²) in [5.74, 6) is 0.0588. The molecule has 0 saturated carbocycles. The first kappa shape index (κ1) is 19.6. The lowest BCUT2D eigenvalue weighted by atomic mass is 10.2. The molecule has 3 rings (SSSR count). The van der Waals surface area contributed by atoms with E-state index in [1.165, 1.54) is 32.7 Å². The summed E-state index contributed by atoms with van der Waals surface area (Å²) >= 11 is 0. The molecule has 7 nitrogen and oxygen atoms in total. The van der Waals surface area contributed by atoms with Gasteiger partial charge in [-0.2, -0.15) is 0 Å². The molecule has 2 heterocycles. The average molecular weight is 376 g/mol. The number of rotatable bonds is 7. The Bertz CT molecular complexity index is 616. The second-order valence-electron chi connectivity index (χ2n) is 7.60. The van der Waals surface area contributed by atoms with Crippen molar-refractivity contribution in [2.24, 2.45) is 0 Å². The van der Waals surface area contributed by atoms with Crippen molar-refractivity contribution in [2.45, 2.75) is 25.8 Å². The van der Waals surface area contributed by atoms with Gasteiger partial charge in [-0.1, -0.05) is 18.2 Å². The molecule has 1 aromatic rings. The Morgan fingerprint density at radius 2 is 1.85 bits per heavy atom. The highest BCUT2D eigenvalue weighted by molar-refractivity contribution is 5.96. The van der Waals surface area contributed by atoms with E-state index >= 15 is 0 Å². The van der Waals surface area contributed by atoms with Crippen LogP contribution >= 0.6 is 0 Å². The van der Waals surface area contributed by atoms with Crippen LogP contribution in [0.5, 0.6) is 0 Å². The molecule has 7 heteroatoms. The Morgan fingerprint density at radius 3 is 2.56 bits per heavy atom. The maximum atomic E-state index is 12.2. The number of carbonyl (C=O) groups excluding carboxylic acids is 2. The fourth-order valence-electron chi connectivity index (χ4n) is 4.00. The first-order valence-corrected chi connectivity index (χ1v) is 10.2. The first-order valence-electron chi connectivity index (χ1n) is 10.2. The third-order valence-electron chi connectivity index (χ3n) is 5.68. The van der Waals surface area contributed by atoms with Gasteiger partial charge in [0, 0.05) is 31.6 Å². The van der Waals surface area contributed by atoms with Gasteiger partial charge in [0.15, 0.2) is 0 Å². The second-order valence-corrected chi connectivity index (χ2v) is 7.60. The number of para-hydroxylation sites is 1. The number of hydrogen-bond donors (Lipinski definition) is 4. The zero-order valence-electron chi connectivity index (χ0n) is 16.3. The van der Waals surface area contributed by atoms with Crippen LogP contribution in [0, 0.1) is 0 Å². The van der Waals surface area contributed by atoms with Crippen molar-refractivity contribution in [2.75, 3.05) is 57.3 Å². The van der Waals surface area contributed by atoms with Crippen LogP contribution in [0.1, 0.15) is 19.8 Å². The van der Waals surface area contributed by atoms with Crippen molar-refractivity contribution in [1.29, 1.82) is 0 Å². The molecule has 3 amide bonds. The van der Waals surface area contributed by atoms with Crippen LogP contribution in [0.3, 0.4) is 0 Å². The van der Waals surface area contributed by atoms with Gasteiger partial charge < -0.3 is 25.3 Å². The SMILES string of the molecule is CC[NH+]1CC[NH+](CCCNC(=O)N[C@H]2CC(=O)N(c3ccccc3)C2)CC1. The number of nitrogens with one attached hydrogen (secondary N) is 4. The van der Waals surface area contributed by atoms with Crippen LogP contribution in [-0.4, -0.2) is 70.3 Å². The maximum Gasteiger partial charge on any atom is 0.315 e. The molecule has 2 aliphatic heterocycles. The predicted molar refractivity (Wildman–Crippen MR) is 105 cm³/mol. The Morgan fingerprint density at radius 1 is 1.15 bits per heavy atom. The van der Waals surface area contributed by atoms with Gasteiger partial charge in [0.2, 0.25) is 5.91 Å². The second kappa shape index (κ2) is 9.71. The lowest BCUT2D eigenvalue weighted by Crippen LogP contribution is -3.28. The van der Waals surface area contributed by atoms with Crippen LogP contribution in [0.2, 0.25) is 0 Å². The first-order chi connectivity index (χ1) is 13.2. The zero-order valence-corrected chi connectivity index (χ0v) is 16.3. The van der Waals surface area contributed by atoms with E-state index in [4.69, 9.17) is 0 Å². The van der Waals surface area contributed by atoms with Crippen molar-refractivity contribution in [3.63, 3.8) is 0 Å². The summed E-state index contributed by atoms with van der Waals surface area (Å²) in [6.07, 6.45) is 1.35. The summed E-state index contributed by atoms with van der Waals surface area (Å²) < 4.78 is 0. The van der Waals surface area contributed by atoms with Crippen LogP contribution in [0.15, 0.2) is 30.3 Å². The van der Waals surface area contributed by atoms with E-state index in [0.29, 0.717) is 19.5 Å². The smallest absolute Gasteiger partial charge is 0.315 e. The highest BCUT2D eigenvalue weighted by Gasteiger charge is 2.31. The van der Waals surface area contributed by atoms with E-state index in [0.717, 1.165) is 18.7 Å². The quantitative estimate of drug-likeness (QED) is 0.429. The molecule has 2 saturated heterocycles. The number of urea groups is 1. The van der Waals surface area contributed by atoms with Gasteiger partial charge in [0.1, 0.15) is 26.2 Å². The van der Waals surface area contributed by atoms with E-state index < -0.39 is 0 Å².